The topological polar surface area (TPSA) is 27.1 Å². The van der Waals surface area contributed by atoms with Gasteiger partial charge in [-0.3, -0.25) is 4.68 Å². The smallest absolute Gasteiger partial charge is 0.129 e. The highest BCUT2D eigenvalue weighted by Crippen LogP contribution is 2.39. The molecule has 0 bridgehead atoms. The first kappa shape index (κ1) is 14.0. The van der Waals surface area contributed by atoms with Gasteiger partial charge in [-0.25, -0.2) is 4.39 Å². The second-order valence-corrected chi connectivity index (χ2v) is 5.95. The number of hydrogen-bond donors (Lipinski definition) is 0. The van der Waals surface area contributed by atoms with Gasteiger partial charge in [0, 0.05) is 24.6 Å². The minimum Gasteiger partial charge on any atom is -0.488 e. The van der Waals surface area contributed by atoms with Crippen molar-refractivity contribution in [2.45, 2.75) is 20.0 Å². The number of aromatic nitrogens is 2. The Hall–Kier alpha value is -2.62. The van der Waals surface area contributed by atoms with Gasteiger partial charge in [-0.1, -0.05) is 29.8 Å². The fourth-order valence-corrected chi connectivity index (χ4v) is 3.18. The van der Waals surface area contributed by atoms with Gasteiger partial charge < -0.3 is 4.74 Å². The highest BCUT2D eigenvalue weighted by molar-refractivity contribution is 5.73. The van der Waals surface area contributed by atoms with Crippen molar-refractivity contribution in [2.75, 3.05) is 0 Å². The first-order valence-electron chi connectivity index (χ1n) is 7.65. The van der Waals surface area contributed by atoms with Gasteiger partial charge in [-0.05, 0) is 30.7 Å². The molecule has 0 N–H and O–H groups in total. The highest BCUT2D eigenvalue weighted by Gasteiger charge is 2.25. The molecule has 0 radical (unpaired) electrons. The molecule has 0 fully saturated rings. The monoisotopic (exact) mass is 308 g/mol. The van der Waals surface area contributed by atoms with Crippen LogP contribution in [0.2, 0.25) is 0 Å². The molecule has 0 unspecified atom stereocenters. The molecule has 0 aliphatic carbocycles. The molecule has 0 saturated heterocycles. The molecule has 2 aromatic carbocycles. The Balaban J connectivity index is 1.82. The van der Waals surface area contributed by atoms with Crippen LogP contribution >= 0.6 is 0 Å². The predicted molar refractivity (Wildman–Crippen MR) is 86.9 cm³/mol. The quantitative estimate of drug-likeness (QED) is 0.715. The van der Waals surface area contributed by atoms with Crippen molar-refractivity contribution < 1.29 is 9.13 Å². The maximum Gasteiger partial charge on any atom is 0.129 e. The molecule has 116 valence electrons. The van der Waals surface area contributed by atoms with Crippen LogP contribution in [0.4, 0.5) is 4.39 Å². The van der Waals surface area contributed by atoms with Crippen LogP contribution in [-0.4, -0.2) is 9.78 Å². The van der Waals surface area contributed by atoms with E-state index in [0.717, 1.165) is 28.3 Å². The molecule has 1 aliphatic heterocycles. The molecular formula is C19H17FN2O. The Bertz CT molecular complexity index is 898. The molecule has 0 spiro atoms. The van der Waals surface area contributed by atoms with Gasteiger partial charge in [0.05, 0.1) is 11.4 Å². The van der Waals surface area contributed by atoms with E-state index in [1.165, 1.54) is 11.6 Å². The number of aryl methyl sites for hydroxylation is 2. The summed E-state index contributed by atoms with van der Waals surface area (Å²) in [6, 6.07) is 13.0. The fourth-order valence-electron chi connectivity index (χ4n) is 3.18. The molecule has 0 atom stereocenters. The lowest BCUT2D eigenvalue weighted by Crippen LogP contribution is -2.08. The van der Waals surface area contributed by atoms with Gasteiger partial charge in [-0.15, -0.1) is 0 Å². The van der Waals surface area contributed by atoms with Crippen LogP contribution in [0.5, 0.6) is 5.75 Å². The lowest BCUT2D eigenvalue weighted by Gasteiger charge is -2.19. The van der Waals surface area contributed by atoms with Crippen LogP contribution in [0.25, 0.3) is 11.3 Å². The zero-order chi connectivity index (χ0) is 16.0. The zero-order valence-corrected chi connectivity index (χ0v) is 13.1. The minimum absolute atomic E-state index is 0.195. The third kappa shape index (κ3) is 2.31. The lowest BCUT2D eigenvalue weighted by molar-refractivity contribution is 0.301. The van der Waals surface area contributed by atoms with Gasteiger partial charge >= 0.3 is 0 Å². The summed E-state index contributed by atoms with van der Waals surface area (Å²) in [6.45, 7) is 2.54. The van der Waals surface area contributed by atoms with Gasteiger partial charge in [0.1, 0.15) is 18.2 Å². The Morgan fingerprint density at radius 3 is 2.87 bits per heavy atom. The lowest BCUT2D eigenvalue weighted by atomic mass is 9.98. The molecule has 4 rings (SSSR count). The number of benzene rings is 2. The predicted octanol–water partition coefficient (Wildman–Crippen LogP) is 4.02. The second-order valence-electron chi connectivity index (χ2n) is 5.95. The first-order valence-corrected chi connectivity index (χ1v) is 7.65. The van der Waals surface area contributed by atoms with E-state index in [1.807, 2.05) is 29.9 Å². The van der Waals surface area contributed by atoms with E-state index in [9.17, 15) is 4.39 Å². The summed E-state index contributed by atoms with van der Waals surface area (Å²) in [5.41, 5.74) is 5.89. The summed E-state index contributed by atoms with van der Waals surface area (Å²) in [5, 5.41) is 4.63. The summed E-state index contributed by atoms with van der Waals surface area (Å²) in [5.74, 6) is 0.684. The number of nitrogens with zero attached hydrogens (tertiary/aromatic N) is 2. The molecule has 0 saturated carbocycles. The van der Waals surface area contributed by atoms with E-state index in [-0.39, 0.29) is 5.82 Å². The van der Waals surface area contributed by atoms with Crippen LogP contribution in [0.15, 0.2) is 42.5 Å². The maximum atomic E-state index is 13.9. The maximum absolute atomic E-state index is 13.9. The molecular weight excluding hydrogens is 291 g/mol. The minimum atomic E-state index is -0.195. The van der Waals surface area contributed by atoms with E-state index in [2.05, 4.69) is 18.1 Å². The summed E-state index contributed by atoms with van der Waals surface area (Å²) < 4.78 is 21.7. The summed E-state index contributed by atoms with van der Waals surface area (Å²) in [6.07, 6.45) is 0.473. The third-order valence-corrected chi connectivity index (χ3v) is 4.31. The van der Waals surface area contributed by atoms with Crippen molar-refractivity contribution in [1.29, 1.82) is 0 Å². The van der Waals surface area contributed by atoms with Crippen LogP contribution in [0.1, 0.15) is 22.4 Å². The van der Waals surface area contributed by atoms with Crippen LogP contribution in [0.3, 0.4) is 0 Å². The molecule has 3 aromatic rings. The first-order chi connectivity index (χ1) is 11.1. The fraction of sp³-hybridized carbons (Fsp3) is 0.211. The summed E-state index contributed by atoms with van der Waals surface area (Å²) in [4.78, 5) is 0. The number of fused-ring (bicyclic) bond motifs is 3. The van der Waals surface area contributed by atoms with Gasteiger partial charge in [0.2, 0.25) is 0 Å². The van der Waals surface area contributed by atoms with E-state index < -0.39 is 0 Å². The summed E-state index contributed by atoms with van der Waals surface area (Å²) >= 11 is 0. The van der Waals surface area contributed by atoms with Crippen molar-refractivity contribution >= 4 is 0 Å². The van der Waals surface area contributed by atoms with Crippen LogP contribution in [-0.2, 0) is 20.1 Å². The summed E-state index contributed by atoms with van der Waals surface area (Å²) in [7, 11) is 1.93. The normalized spacial score (nSPS) is 12.5. The van der Waals surface area contributed by atoms with E-state index in [1.54, 1.807) is 12.1 Å². The van der Waals surface area contributed by atoms with Crippen molar-refractivity contribution in [2.24, 2.45) is 7.05 Å². The van der Waals surface area contributed by atoms with Crippen molar-refractivity contribution in [3.05, 3.63) is 70.7 Å². The largest absolute Gasteiger partial charge is 0.488 e. The molecule has 1 aromatic heterocycles. The van der Waals surface area contributed by atoms with Crippen LogP contribution in [0, 0.1) is 12.7 Å². The van der Waals surface area contributed by atoms with E-state index in [0.29, 0.717) is 18.6 Å². The Morgan fingerprint density at radius 2 is 2.04 bits per heavy atom. The zero-order valence-electron chi connectivity index (χ0n) is 13.1. The van der Waals surface area contributed by atoms with Crippen molar-refractivity contribution in [3.63, 3.8) is 0 Å². The number of hydrogen-bond acceptors (Lipinski definition) is 2. The highest BCUT2D eigenvalue weighted by atomic mass is 19.1. The van der Waals surface area contributed by atoms with Gasteiger partial charge in [0.15, 0.2) is 0 Å². The van der Waals surface area contributed by atoms with Gasteiger partial charge in [-0.2, -0.15) is 5.10 Å². The molecule has 0 amide bonds. The molecule has 3 nitrogen and oxygen atoms in total. The Morgan fingerprint density at radius 1 is 1.22 bits per heavy atom. The van der Waals surface area contributed by atoms with Crippen LogP contribution < -0.4 is 4.74 Å². The third-order valence-electron chi connectivity index (χ3n) is 4.31. The Kier molecular flexibility index (Phi) is 3.18. The van der Waals surface area contributed by atoms with Crippen molar-refractivity contribution in [3.8, 4) is 17.0 Å². The number of rotatable bonds is 2. The molecule has 1 aliphatic rings. The second kappa shape index (κ2) is 5.23. The van der Waals surface area contributed by atoms with E-state index in [4.69, 9.17) is 4.74 Å². The number of ether oxygens (including phenoxy) is 1. The SMILES string of the molecule is Cc1ccc2c(c1)-c1c(c(Cc3ccccc3F)nn1C)CO2. The standard InChI is InChI=1S/C19H17FN2O/c1-12-7-8-18-14(9-12)19-15(11-23-18)17(21-22(19)2)10-13-5-3-4-6-16(13)20/h3-9H,10-11H2,1-2H3. The molecule has 4 heteroatoms. The molecule has 23 heavy (non-hydrogen) atoms. The average molecular weight is 308 g/mol. The molecule has 2 heterocycles. The van der Waals surface area contributed by atoms with Gasteiger partial charge in [0.25, 0.3) is 0 Å². The average Bonchev–Trinajstić information content (AvgIpc) is 2.86. The Labute approximate surface area is 134 Å². The van der Waals surface area contributed by atoms with Crippen molar-refractivity contribution in [1.82, 2.24) is 9.78 Å². The number of halogens is 1. The van der Waals surface area contributed by atoms with E-state index >= 15 is 0 Å².